The fourth-order valence-corrected chi connectivity index (χ4v) is 19.7. The predicted octanol–water partition coefficient (Wildman–Crippen LogP) is 8.67. The monoisotopic (exact) mass is 480 g/mol. The summed E-state index contributed by atoms with van der Waals surface area (Å²) in [7, 11) is 0. The zero-order valence-electron chi connectivity index (χ0n) is 18.6. The first-order valence-corrected chi connectivity index (χ1v) is 19.1. The fourth-order valence-electron chi connectivity index (χ4n) is 3.89. The van der Waals surface area contributed by atoms with E-state index in [9.17, 15) is 0 Å². The van der Waals surface area contributed by atoms with Gasteiger partial charge in [-0.3, -0.25) is 0 Å². The van der Waals surface area contributed by atoms with Gasteiger partial charge < -0.3 is 0 Å². The van der Waals surface area contributed by atoms with Gasteiger partial charge in [-0.15, -0.1) is 0 Å². The molecule has 0 heterocycles. The molecule has 0 spiro atoms. The molecule has 154 valence electrons. The molecule has 0 unspecified atom stereocenters. The summed E-state index contributed by atoms with van der Waals surface area (Å²) in [6.45, 7) is 10.1. The number of unbranched alkanes of at least 4 members (excludes halogenated alkanes) is 5. The van der Waals surface area contributed by atoms with Crippen molar-refractivity contribution in [3.63, 3.8) is 0 Å². The summed E-state index contributed by atoms with van der Waals surface area (Å²) in [6, 6.07) is 10.7. The Labute approximate surface area is 173 Å². The Hall–Kier alpha value is -0.441. The second-order valence-corrected chi connectivity index (χ2v) is 21.1. The van der Waals surface area contributed by atoms with Crippen LogP contribution in [-0.4, -0.2) is 18.4 Å². The first-order valence-electron chi connectivity index (χ1n) is 11.6. The van der Waals surface area contributed by atoms with Crippen LogP contribution in [0.3, 0.4) is 0 Å². The summed E-state index contributed by atoms with van der Waals surface area (Å²) in [5, 5.41) is 0. The molecular formula is C25H44OSn. The SMILES string of the molecule is CCCC/C=[C](\OCc1ccccc1)[Sn]([CH2]CCC)([CH2]CCC)[CH2]CCC. The standard InChI is InChI=1S/C13H17O.3C4H9.Sn/c1-2-3-4-8-11-14-12-13-9-6-5-7-10-13;3*1-3-4-2;/h5-10H,2-4,12H2,1H3;3*1,3-4H2,2H3;. The zero-order valence-corrected chi connectivity index (χ0v) is 21.4. The van der Waals surface area contributed by atoms with Crippen LogP contribution >= 0.6 is 0 Å². The van der Waals surface area contributed by atoms with Gasteiger partial charge in [0.2, 0.25) is 0 Å². The van der Waals surface area contributed by atoms with Gasteiger partial charge in [-0.1, -0.05) is 0 Å². The van der Waals surface area contributed by atoms with Crippen LogP contribution < -0.4 is 0 Å². The van der Waals surface area contributed by atoms with Crippen molar-refractivity contribution >= 4 is 18.4 Å². The van der Waals surface area contributed by atoms with Gasteiger partial charge in [-0.25, -0.2) is 0 Å². The van der Waals surface area contributed by atoms with Crippen LogP contribution in [-0.2, 0) is 11.3 Å². The first kappa shape index (κ1) is 24.6. The number of hydrogen-bond donors (Lipinski definition) is 0. The van der Waals surface area contributed by atoms with E-state index in [-0.39, 0.29) is 0 Å². The first-order chi connectivity index (χ1) is 13.2. The molecule has 27 heavy (non-hydrogen) atoms. The molecule has 0 atom stereocenters. The minimum absolute atomic E-state index is 0.752. The normalized spacial score (nSPS) is 12.4. The van der Waals surface area contributed by atoms with Crippen molar-refractivity contribution in [2.24, 2.45) is 0 Å². The molecule has 0 aliphatic rings. The van der Waals surface area contributed by atoms with Crippen molar-refractivity contribution in [3.8, 4) is 0 Å². The van der Waals surface area contributed by atoms with Crippen LogP contribution in [0.4, 0.5) is 0 Å². The summed E-state index contributed by atoms with van der Waals surface area (Å²) in [4.78, 5) is 0. The summed E-state index contributed by atoms with van der Waals surface area (Å²) in [6.07, 6.45) is 14.4. The van der Waals surface area contributed by atoms with Crippen molar-refractivity contribution in [1.82, 2.24) is 0 Å². The van der Waals surface area contributed by atoms with Crippen molar-refractivity contribution in [1.29, 1.82) is 0 Å². The second-order valence-electron chi connectivity index (χ2n) is 8.08. The summed E-state index contributed by atoms with van der Waals surface area (Å²) < 4.78 is 12.6. The number of ether oxygens (including phenoxy) is 1. The zero-order chi connectivity index (χ0) is 19.8. The third-order valence-electron chi connectivity index (χ3n) is 5.67. The molecule has 0 aromatic heterocycles. The molecule has 0 fully saturated rings. The Bertz CT molecular complexity index is 473. The van der Waals surface area contributed by atoms with Gasteiger partial charge in [-0.05, 0) is 0 Å². The average molecular weight is 479 g/mol. The van der Waals surface area contributed by atoms with Gasteiger partial charge in [0, 0.05) is 0 Å². The van der Waals surface area contributed by atoms with Crippen LogP contribution in [0.25, 0.3) is 0 Å². The molecule has 0 aliphatic carbocycles. The van der Waals surface area contributed by atoms with E-state index >= 15 is 0 Å². The Morgan fingerprint density at radius 1 is 0.778 bits per heavy atom. The van der Waals surface area contributed by atoms with Crippen molar-refractivity contribution in [2.45, 2.75) is 105 Å². The summed E-state index contributed by atoms with van der Waals surface area (Å²) >= 11 is -2.47. The van der Waals surface area contributed by atoms with Crippen LogP contribution in [0.15, 0.2) is 40.2 Å². The molecule has 0 radical (unpaired) electrons. The van der Waals surface area contributed by atoms with Gasteiger partial charge in [-0.2, -0.15) is 0 Å². The Morgan fingerprint density at radius 3 is 1.78 bits per heavy atom. The Kier molecular flexibility index (Phi) is 14.1. The van der Waals surface area contributed by atoms with E-state index < -0.39 is 18.4 Å². The molecule has 1 aromatic carbocycles. The molecule has 0 saturated carbocycles. The molecule has 0 aliphatic heterocycles. The summed E-state index contributed by atoms with van der Waals surface area (Å²) in [5.74, 6) is 0. The van der Waals surface area contributed by atoms with Gasteiger partial charge in [0.05, 0.1) is 0 Å². The number of allylic oxidation sites excluding steroid dienone is 1. The van der Waals surface area contributed by atoms with E-state index in [1.807, 2.05) is 0 Å². The van der Waals surface area contributed by atoms with Gasteiger partial charge in [0.15, 0.2) is 0 Å². The average Bonchev–Trinajstić information content (AvgIpc) is 2.71. The molecule has 1 aromatic rings. The molecule has 0 saturated heterocycles. The van der Waals surface area contributed by atoms with Crippen LogP contribution in [0, 0.1) is 0 Å². The van der Waals surface area contributed by atoms with Crippen LogP contribution in [0.5, 0.6) is 0 Å². The fraction of sp³-hybridized carbons (Fsp3) is 0.680. The van der Waals surface area contributed by atoms with Gasteiger partial charge >= 0.3 is 174 Å². The minimum atomic E-state index is -2.47. The van der Waals surface area contributed by atoms with Crippen molar-refractivity contribution in [2.75, 3.05) is 0 Å². The van der Waals surface area contributed by atoms with Crippen molar-refractivity contribution < 1.29 is 4.74 Å². The predicted molar refractivity (Wildman–Crippen MR) is 124 cm³/mol. The third kappa shape index (κ3) is 9.54. The third-order valence-corrected chi connectivity index (χ3v) is 20.9. The van der Waals surface area contributed by atoms with Gasteiger partial charge in [0.1, 0.15) is 0 Å². The van der Waals surface area contributed by atoms with Crippen LogP contribution in [0.1, 0.15) is 91.0 Å². The maximum absolute atomic E-state index is 6.69. The van der Waals surface area contributed by atoms with E-state index in [0.717, 1.165) is 6.61 Å². The van der Waals surface area contributed by atoms with Crippen molar-refractivity contribution in [3.05, 3.63) is 45.7 Å². The number of hydrogen-bond acceptors (Lipinski definition) is 1. The van der Waals surface area contributed by atoms with E-state index in [0.29, 0.717) is 0 Å². The van der Waals surface area contributed by atoms with E-state index in [1.54, 1.807) is 0 Å². The summed E-state index contributed by atoms with van der Waals surface area (Å²) in [5.41, 5.74) is 1.31. The Morgan fingerprint density at radius 2 is 1.30 bits per heavy atom. The number of rotatable bonds is 16. The van der Waals surface area contributed by atoms with E-state index in [1.165, 1.54) is 80.4 Å². The quantitative estimate of drug-likeness (QED) is 0.131. The topological polar surface area (TPSA) is 9.23 Å². The Balaban J connectivity index is 3.08. The molecule has 2 heteroatoms. The van der Waals surface area contributed by atoms with E-state index in [2.05, 4.69) is 64.1 Å². The second kappa shape index (κ2) is 15.5. The van der Waals surface area contributed by atoms with Crippen LogP contribution in [0.2, 0.25) is 13.3 Å². The van der Waals surface area contributed by atoms with E-state index in [4.69, 9.17) is 4.74 Å². The molecule has 0 bridgehead atoms. The molecular weight excluding hydrogens is 435 g/mol. The molecule has 1 rings (SSSR count). The van der Waals surface area contributed by atoms with Gasteiger partial charge in [0.25, 0.3) is 0 Å². The molecule has 0 amide bonds. The molecule has 0 N–H and O–H groups in total. The molecule has 1 nitrogen and oxygen atoms in total. The number of benzene rings is 1. The maximum atomic E-state index is 6.69.